The molecule has 8 heteroatoms. The van der Waals surface area contributed by atoms with Gasteiger partial charge in [0.1, 0.15) is 0 Å². The number of rotatable bonds is 8. The molecule has 2 N–H and O–H groups in total. The number of hydrogen-bond acceptors (Lipinski definition) is 8. The predicted molar refractivity (Wildman–Crippen MR) is 182 cm³/mol. The lowest BCUT2D eigenvalue weighted by Gasteiger charge is -2.46. The van der Waals surface area contributed by atoms with Gasteiger partial charge in [0.15, 0.2) is 23.0 Å². The number of nitrogens with zero attached hydrogens (tertiary/aromatic N) is 2. The third-order valence-electron chi connectivity index (χ3n) is 10.7. The summed E-state index contributed by atoms with van der Waals surface area (Å²) in [6.07, 6.45) is 5.50. The lowest BCUT2D eigenvalue weighted by molar-refractivity contribution is -0.0192. The maximum Gasteiger partial charge on any atom is 0.161 e. The summed E-state index contributed by atoms with van der Waals surface area (Å²) < 4.78 is 21.8. The summed E-state index contributed by atoms with van der Waals surface area (Å²) in [5.74, 6) is 5.22. The average molecular weight is 639 g/mol. The number of hydrogen-bond donors (Lipinski definition) is 2. The molecule has 2 saturated heterocycles. The standard InChI is InChI=1S/2C19H29NO3/c2*1-12(2)7-14-11-20-6-5-13-8-18(22-3)19(23-4)9-15(13)16(20)10-17(14)21/h2*8-9,12,14,16-17,21H,5-7,10-11H2,1-4H3/t2*14-,16-,17-/m10/s1. The van der Waals surface area contributed by atoms with Crippen LogP contribution in [0.15, 0.2) is 24.3 Å². The van der Waals surface area contributed by atoms with Crippen LogP contribution >= 0.6 is 0 Å². The van der Waals surface area contributed by atoms with E-state index in [2.05, 4.69) is 61.8 Å². The van der Waals surface area contributed by atoms with Crippen molar-refractivity contribution in [3.05, 3.63) is 46.5 Å². The molecule has 4 aliphatic heterocycles. The highest BCUT2D eigenvalue weighted by Crippen LogP contribution is 2.45. The molecule has 4 heterocycles. The van der Waals surface area contributed by atoms with Gasteiger partial charge in [-0.25, -0.2) is 0 Å². The van der Waals surface area contributed by atoms with E-state index < -0.39 is 0 Å². The zero-order chi connectivity index (χ0) is 33.1. The van der Waals surface area contributed by atoms with Crippen molar-refractivity contribution >= 4 is 0 Å². The van der Waals surface area contributed by atoms with E-state index in [1.54, 1.807) is 28.4 Å². The van der Waals surface area contributed by atoms with Crippen molar-refractivity contribution in [2.24, 2.45) is 23.7 Å². The summed E-state index contributed by atoms with van der Waals surface area (Å²) in [4.78, 5) is 5.10. The molecule has 6 rings (SSSR count). The zero-order valence-corrected chi connectivity index (χ0v) is 29.4. The minimum atomic E-state index is -0.210. The lowest BCUT2D eigenvalue weighted by atomic mass is 9.79. The summed E-state index contributed by atoms with van der Waals surface area (Å²) >= 11 is 0. The third kappa shape index (κ3) is 7.46. The van der Waals surface area contributed by atoms with Crippen LogP contribution in [-0.2, 0) is 12.8 Å². The fraction of sp³-hybridized carbons (Fsp3) is 0.684. The Balaban J connectivity index is 0.000000181. The zero-order valence-electron chi connectivity index (χ0n) is 29.4. The minimum Gasteiger partial charge on any atom is -0.493 e. The first-order valence-corrected chi connectivity index (χ1v) is 17.4. The van der Waals surface area contributed by atoms with E-state index >= 15 is 0 Å². The summed E-state index contributed by atoms with van der Waals surface area (Å²) in [5.41, 5.74) is 5.27. The van der Waals surface area contributed by atoms with E-state index in [0.29, 0.717) is 35.8 Å². The first-order chi connectivity index (χ1) is 22.1. The number of aliphatic hydroxyl groups excluding tert-OH is 2. The largest absolute Gasteiger partial charge is 0.493 e. The maximum absolute atomic E-state index is 10.6. The molecule has 0 aliphatic carbocycles. The topological polar surface area (TPSA) is 83.9 Å². The molecule has 46 heavy (non-hydrogen) atoms. The van der Waals surface area contributed by atoms with Gasteiger partial charge in [-0.15, -0.1) is 0 Å². The van der Waals surface area contributed by atoms with E-state index in [9.17, 15) is 10.2 Å². The number of methoxy groups -OCH3 is 4. The maximum atomic E-state index is 10.6. The minimum absolute atomic E-state index is 0.210. The molecule has 0 bridgehead atoms. The van der Waals surface area contributed by atoms with Crippen molar-refractivity contribution in [3.63, 3.8) is 0 Å². The van der Waals surface area contributed by atoms with Crippen LogP contribution in [0.5, 0.6) is 23.0 Å². The fourth-order valence-electron chi connectivity index (χ4n) is 8.51. The lowest BCUT2D eigenvalue weighted by Crippen LogP contribution is -2.48. The van der Waals surface area contributed by atoms with Crippen LogP contribution in [0.2, 0.25) is 0 Å². The molecular weight excluding hydrogens is 580 g/mol. The molecule has 2 fully saturated rings. The van der Waals surface area contributed by atoms with Crippen LogP contribution < -0.4 is 18.9 Å². The first kappa shape index (κ1) is 34.8. The van der Waals surface area contributed by atoms with Crippen molar-refractivity contribution in [2.45, 2.75) is 90.5 Å². The highest BCUT2D eigenvalue weighted by atomic mass is 16.5. The van der Waals surface area contributed by atoms with E-state index in [1.807, 2.05) is 0 Å². The van der Waals surface area contributed by atoms with E-state index in [1.165, 1.54) is 22.3 Å². The van der Waals surface area contributed by atoms with Gasteiger partial charge in [-0.05, 0) is 109 Å². The molecule has 0 unspecified atom stereocenters. The Morgan fingerprint density at radius 3 is 1.28 bits per heavy atom. The van der Waals surface area contributed by atoms with Gasteiger partial charge in [-0.3, -0.25) is 9.80 Å². The number of aliphatic hydroxyl groups is 2. The van der Waals surface area contributed by atoms with Gasteiger partial charge in [-0.1, -0.05) is 27.7 Å². The van der Waals surface area contributed by atoms with Crippen molar-refractivity contribution in [1.29, 1.82) is 0 Å². The van der Waals surface area contributed by atoms with Gasteiger partial charge in [0.2, 0.25) is 0 Å². The first-order valence-electron chi connectivity index (χ1n) is 17.4. The molecule has 0 spiro atoms. The van der Waals surface area contributed by atoms with E-state index in [-0.39, 0.29) is 12.2 Å². The second-order valence-corrected chi connectivity index (χ2v) is 14.7. The van der Waals surface area contributed by atoms with Gasteiger partial charge in [0.25, 0.3) is 0 Å². The summed E-state index contributed by atoms with van der Waals surface area (Å²) in [7, 11) is 6.72. The molecule has 0 radical (unpaired) electrons. The molecular formula is C38H58N2O6. The fourth-order valence-corrected chi connectivity index (χ4v) is 8.51. The van der Waals surface area contributed by atoms with Crippen LogP contribution in [0, 0.1) is 23.7 Å². The van der Waals surface area contributed by atoms with Crippen LogP contribution in [0.25, 0.3) is 0 Å². The Morgan fingerprint density at radius 1 is 0.609 bits per heavy atom. The number of ether oxygens (including phenoxy) is 4. The predicted octanol–water partition coefficient (Wildman–Crippen LogP) is 6.06. The van der Waals surface area contributed by atoms with Gasteiger partial charge in [0.05, 0.1) is 40.6 Å². The van der Waals surface area contributed by atoms with Gasteiger partial charge < -0.3 is 29.2 Å². The van der Waals surface area contributed by atoms with Crippen LogP contribution in [0.3, 0.4) is 0 Å². The quantitative estimate of drug-likeness (QED) is 0.361. The van der Waals surface area contributed by atoms with Crippen LogP contribution in [0.1, 0.15) is 87.7 Å². The highest BCUT2D eigenvalue weighted by molar-refractivity contribution is 5.50. The molecule has 2 aromatic carbocycles. The van der Waals surface area contributed by atoms with Crippen LogP contribution in [0.4, 0.5) is 0 Å². The van der Waals surface area contributed by atoms with Gasteiger partial charge in [-0.2, -0.15) is 0 Å². The Bertz CT molecular complexity index is 1220. The molecule has 0 saturated carbocycles. The number of benzene rings is 2. The monoisotopic (exact) mass is 638 g/mol. The molecule has 6 atom stereocenters. The normalized spacial score (nSPS) is 27.5. The molecule has 4 aliphatic rings. The van der Waals surface area contributed by atoms with Gasteiger partial charge in [0, 0.05) is 38.3 Å². The number of piperidine rings is 2. The van der Waals surface area contributed by atoms with Crippen LogP contribution in [-0.4, -0.2) is 86.8 Å². The Morgan fingerprint density at radius 2 is 0.957 bits per heavy atom. The van der Waals surface area contributed by atoms with E-state index in [0.717, 1.165) is 87.7 Å². The van der Waals surface area contributed by atoms with Crippen molar-refractivity contribution in [3.8, 4) is 23.0 Å². The highest BCUT2D eigenvalue weighted by Gasteiger charge is 2.40. The SMILES string of the molecule is COc1cc2c(cc1OC)[C@@H]1C[C@H](O)[C@@H](CC(C)C)CN1CC2.COc1cc2c(cc1OC)[C@H]1C[C@@H](O)[C@H](CC(C)C)CN1CC2. The Hall–Kier alpha value is -2.52. The van der Waals surface area contributed by atoms with Crippen molar-refractivity contribution in [2.75, 3.05) is 54.6 Å². The average Bonchev–Trinajstić information content (AvgIpc) is 3.04. The Labute approximate surface area is 277 Å². The molecule has 2 aromatic rings. The van der Waals surface area contributed by atoms with Crippen molar-refractivity contribution < 1.29 is 29.2 Å². The second kappa shape index (κ2) is 15.1. The Kier molecular flexibility index (Phi) is 11.5. The number of fused-ring (bicyclic) bond motifs is 6. The summed E-state index contributed by atoms with van der Waals surface area (Å²) in [6.45, 7) is 13.1. The molecule has 0 aromatic heterocycles. The summed E-state index contributed by atoms with van der Waals surface area (Å²) in [5, 5.41) is 21.3. The smallest absolute Gasteiger partial charge is 0.161 e. The van der Waals surface area contributed by atoms with Gasteiger partial charge >= 0.3 is 0 Å². The molecule has 256 valence electrons. The second-order valence-electron chi connectivity index (χ2n) is 14.7. The molecule has 8 nitrogen and oxygen atoms in total. The van der Waals surface area contributed by atoms with E-state index in [4.69, 9.17) is 18.9 Å². The van der Waals surface area contributed by atoms with Crippen molar-refractivity contribution in [1.82, 2.24) is 9.80 Å². The molecule has 0 amide bonds. The summed E-state index contributed by atoms with van der Waals surface area (Å²) in [6, 6.07) is 9.05. The third-order valence-corrected chi connectivity index (χ3v) is 10.7.